The van der Waals surface area contributed by atoms with E-state index < -0.39 is 0 Å². The summed E-state index contributed by atoms with van der Waals surface area (Å²) in [7, 11) is 0. The van der Waals surface area contributed by atoms with Gasteiger partial charge in [0, 0.05) is 17.5 Å². The third kappa shape index (κ3) is 1.87. The second kappa shape index (κ2) is 4.33. The Hall–Kier alpha value is -1.35. The summed E-state index contributed by atoms with van der Waals surface area (Å²) in [5.74, 6) is 3.12. The number of hydrogen-bond donors (Lipinski definition) is 1. The van der Waals surface area contributed by atoms with E-state index in [9.17, 15) is 0 Å². The standard InChI is InChI=1S/C18H25N3/c1-18(2,3)21-14-7-5-4-6-13(14)20-17(21)15-11-8-9-12(10-11)16(15)19/h4-7,11-12,15-16H,8-10,19H2,1-3H3. The number of para-hydroxylation sites is 2. The van der Waals surface area contributed by atoms with Gasteiger partial charge in [-0.05, 0) is 64.0 Å². The normalized spacial score (nSPS) is 32.2. The van der Waals surface area contributed by atoms with Crippen LogP contribution < -0.4 is 5.73 Å². The van der Waals surface area contributed by atoms with Crippen LogP contribution in [0.3, 0.4) is 0 Å². The maximum Gasteiger partial charge on any atom is 0.115 e. The van der Waals surface area contributed by atoms with Crippen molar-refractivity contribution < 1.29 is 0 Å². The van der Waals surface area contributed by atoms with Gasteiger partial charge in [0.1, 0.15) is 5.82 Å². The minimum atomic E-state index is 0.0347. The highest BCUT2D eigenvalue weighted by molar-refractivity contribution is 5.76. The van der Waals surface area contributed by atoms with Crippen LogP contribution in [0.2, 0.25) is 0 Å². The first-order valence-corrected chi connectivity index (χ1v) is 8.20. The van der Waals surface area contributed by atoms with Gasteiger partial charge in [-0.3, -0.25) is 0 Å². The molecule has 1 aromatic heterocycles. The molecular weight excluding hydrogens is 258 g/mol. The Morgan fingerprint density at radius 1 is 1.14 bits per heavy atom. The molecule has 2 aromatic rings. The minimum Gasteiger partial charge on any atom is -0.327 e. The van der Waals surface area contributed by atoms with Crippen molar-refractivity contribution in [1.29, 1.82) is 0 Å². The summed E-state index contributed by atoms with van der Waals surface area (Å²) in [4.78, 5) is 5.01. The van der Waals surface area contributed by atoms with Gasteiger partial charge in [-0.1, -0.05) is 12.1 Å². The lowest BCUT2D eigenvalue weighted by Crippen LogP contribution is -2.37. The Morgan fingerprint density at radius 3 is 2.52 bits per heavy atom. The number of aromatic nitrogens is 2. The van der Waals surface area contributed by atoms with Gasteiger partial charge >= 0.3 is 0 Å². The molecule has 0 aliphatic heterocycles. The van der Waals surface area contributed by atoms with E-state index in [1.165, 1.54) is 30.6 Å². The molecule has 1 aromatic carbocycles. The van der Waals surface area contributed by atoms with Crippen LogP contribution >= 0.6 is 0 Å². The van der Waals surface area contributed by atoms with Gasteiger partial charge < -0.3 is 10.3 Å². The fourth-order valence-corrected chi connectivity index (χ4v) is 4.69. The first kappa shape index (κ1) is 13.3. The van der Waals surface area contributed by atoms with Crippen molar-refractivity contribution in [3.63, 3.8) is 0 Å². The van der Waals surface area contributed by atoms with Crippen LogP contribution in [-0.4, -0.2) is 15.6 Å². The molecule has 0 spiro atoms. The predicted molar refractivity (Wildman–Crippen MR) is 86.3 cm³/mol. The lowest BCUT2D eigenvalue weighted by molar-refractivity contribution is 0.317. The largest absolute Gasteiger partial charge is 0.327 e. The summed E-state index contributed by atoms with van der Waals surface area (Å²) in [5.41, 5.74) is 8.97. The number of nitrogens with two attached hydrogens (primary N) is 1. The van der Waals surface area contributed by atoms with Crippen LogP contribution in [0, 0.1) is 11.8 Å². The summed E-state index contributed by atoms with van der Waals surface area (Å²) in [6.07, 6.45) is 3.95. The average molecular weight is 283 g/mol. The zero-order valence-corrected chi connectivity index (χ0v) is 13.2. The molecule has 2 aliphatic carbocycles. The number of benzene rings is 1. The molecule has 21 heavy (non-hydrogen) atoms. The van der Waals surface area contributed by atoms with Crippen LogP contribution in [0.5, 0.6) is 0 Å². The summed E-state index contributed by atoms with van der Waals surface area (Å²) in [6, 6.07) is 8.79. The molecule has 2 fully saturated rings. The van der Waals surface area contributed by atoms with Gasteiger partial charge in [0.15, 0.2) is 0 Å². The number of imidazole rings is 1. The monoisotopic (exact) mass is 283 g/mol. The smallest absolute Gasteiger partial charge is 0.115 e. The van der Waals surface area contributed by atoms with Crippen molar-refractivity contribution in [2.45, 2.75) is 57.5 Å². The third-order valence-electron chi connectivity index (χ3n) is 5.54. The molecule has 0 radical (unpaired) electrons. The van der Waals surface area contributed by atoms with Crippen molar-refractivity contribution >= 4 is 11.0 Å². The Bertz CT molecular complexity index is 677. The number of hydrogen-bond acceptors (Lipinski definition) is 2. The van der Waals surface area contributed by atoms with Gasteiger partial charge in [-0.15, -0.1) is 0 Å². The second-order valence-corrected chi connectivity index (χ2v) is 7.90. The van der Waals surface area contributed by atoms with Gasteiger partial charge in [0.05, 0.1) is 11.0 Å². The Labute approximate surface area is 126 Å². The summed E-state index contributed by atoms with van der Waals surface area (Å²) in [5, 5.41) is 0. The van der Waals surface area contributed by atoms with Crippen LogP contribution in [-0.2, 0) is 5.54 Å². The van der Waals surface area contributed by atoms with E-state index in [2.05, 4.69) is 49.6 Å². The molecule has 4 rings (SSSR count). The highest BCUT2D eigenvalue weighted by atomic mass is 15.1. The molecule has 2 saturated carbocycles. The Morgan fingerprint density at radius 2 is 1.86 bits per heavy atom. The van der Waals surface area contributed by atoms with E-state index in [0.717, 1.165) is 11.4 Å². The van der Waals surface area contributed by atoms with E-state index >= 15 is 0 Å². The molecule has 0 saturated heterocycles. The van der Waals surface area contributed by atoms with Gasteiger partial charge in [-0.25, -0.2) is 4.98 Å². The zero-order chi connectivity index (χ0) is 14.8. The molecule has 2 N–H and O–H groups in total. The molecule has 112 valence electrons. The van der Waals surface area contributed by atoms with Crippen molar-refractivity contribution in [3.8, 4) is 0 Å². The lowest BCUT2D eigenvalue weighted by atomic mass is 9.84. The SMILES string of the molecule is CC(C)(C)n1c(C2C3CCC(C3)C2N)nc2ccccc21. The Kier molecular flexibility index (Phi) is 2.74. The predicted octanol–water partition coefficient (Wildman–Crippen LogP) is 3.63. The lowest BCUT2D eigenvalue weighted by Gasteiger charge is -2.32. The summed E-state index contributed by atoms with van der Waals surface area (Å²) >= 11 is 0. The van der Waals surface area contributed by atoms with Crippen LogP contribution in [0.4, 0.5) is 0 Å². The van der Waals surface area contributed by atoms with E-state index in [-0.39, 0.29) is 5.54 Å². The van der Waals surface area contributed by atoms with E-state index in [1.54, 1.807) is 0 Å². The maximum absolute atomic E-state index is 6.58. The molecule has 4 atom stereocenters. The molecule has 2 aliphatic rings. The molecule has 1 heterocycles. The van der Waals surface area contributed by atoms with Crippen LogP contribution in [0.25, 0.3) is 11.0 Å². The fraction of sp³-hybridized carbons (Fsp3) is 0.611. The average Bonchev–Trinajstić information content (AvgIpc) is 3.08. The molecule has 4 unspecified atom stereocenters. The van der Waals surface area contributed by atoms with Gasteiger partial charge in [0.25, 0.3) is 0 Å². The van der Waals surface area contributed by atoms with Crippen molar-refractivity contribution in [3.05, 3.63) is 30.1 Å². The molecule has 2 bridgehead atoms. The van der Waals surface area contributed by atoms with Crippen LogP contribution in [0.15, 0.2) is 24.3 Å². The Balaban J connectivity index is 1.92. The highest BCUT2D eigenvalue weighted by Crippen LogP contribution is 2.52. The molecular formula is C18H25N3. The second-order valence-electron chi connectivity index (χ2n) is 7.90. The number of nitrogens with zero attached hydrogens (tertiary/aromatic N) is 2. The topological polar surface area (TPSA) is 43.8 Å². The molecule has 0 amide bonds. The zero-order valence-electron chi connectivity index (χ0n) is 13.2. The quantitative estimate of drug-likeness (QED) is 0.868. The first-order chi connectivity index (χ1) is 9.97. The first-order valence-electron chi connectivity index (χ1n) is 8.20. The number of rotatable bonds is 1. The van der Waals surface area contributed by atoms with E-state index in [4.69, 9.17) is 10.7 Å². The van der Waals surface area contributed by atoms with Crippen molar-refractivity contribution in [2.24, 2.45) is 17.6 Å². The van der Waals surface area contributed by atoms with E-state index in [0.29, 0.717) is 17.9 Å². The fourth-order valence-electron chi connectivity index (χ4n) is 4.69. The number of fused-ring (bicyclic) bond motifs is 3. The van der Waals surface area contributed by atoms with Crippen LogP contribution in [0.1, 0.15) is 51.8 Å². The third-order valence-corrected chi connectivity index (χ3v) is 5.54. The van der Waals surface area contributed by atoms with Gasteiger partial charge in [-0.2, -0.15) is 0 Å². The van der Waals surface area contributed by atoms with E-state index in [1.807, 2.05) is 0 Å². The maximum atomic E-state index is 6.58. The van der Waals surface area contributed by atoms with Gasteiger partial charge in [0.2, 0.25) is 0 Å². The summed E-state index contributed by atoms with van der Waals surface area (Å²) < 4.78 is 2.44. The molecule has 3 heteroatoms. The van der Waals surface area contributed by atoms with Crippen molar-refractivity contribution in [1.82, 2.24) is 9.55 Å². The molecule has 3 nitrogen and oxygen atoms in total. The highest BCUT2D eigenvalue weighted by Gasteiger charge is 2.48. The van der Waals surface area contributed by atoms with Crippen molar-refractivity contribution in [2.75, 3.05) is 0 Å². The minimum absolute atomic E-state index is 0.0347. The summed E-state index contributed by atoms with van der Waals surface area (Å²) in [6.45, 7) is 6.80.